The summed E-state index contributed by atoms with van der Waals surface area (Å²) in [5.41, 5.74) is -1.51. The molecule has 198 valence electrons. The lowest BCUT2D eigenvalue weighted by Crippen LogP contribution is -2.34. The largest absolute Gasteiger partial charge is 0.429 e. The maximum atomic E-state index is 14.9. The third-order valence-electron chi connectivity index (χ3n) is 7.49. The summed E-state index contributed by atoms with van der Waals surface area (Å²) in [6.07, 6.45) is 3.77. The summed E-state index contributed by atoms with van der Waals surface area (Å²) in [4.78, 5) is 0. The van der Waals surface area contributed by atoms with Crippen molar-refractivity contribution in [2.24, 2.45) is 11.8 Å². The monoisotopic (exact) mass is 518 g/mol. The quantitative estimate of drug-likeness (QED) is 0.271. The number of alkyl halides is 2. The van der Waals surface area contributed by atoms with E-state index < -0.39 is 52.4 Å². The standard InChI is InChI=1S/C27H29F7O2/c1-2-3-15-4-6-16(7-5-15)23-11-8-17(14-35-23)19-9-10-20(25(31)24(19)30)27(33,34)36-18-12-21(28)26(32)22(29)13-18/h9-10,12-13,15-17,23H,2-8,11,14H2,1H3. The van der Waals surface area contributed by atoms with E-state index in [-0.39, 0.29) is 30.4 Å². The van der Waals surface area contributed by atoms with Gasteiger partial charge in [0.05, 0.1) is 12.7 Å². The minimum absolute atomic E-state index is 0.0604. The summed E-state index contributed by atoms with van der Waals surface area (Å²) in [5.74, 6) is -9.00. The Morgan fingerprint density at radius 3 is 2.11 bits per heavy atom. The fourth-order valence-electron chi connectivity index (χ4n) is 5.54. The van der Waals surface area contributed by atoms with E-state index >= 15 is 0 Å². The second kappa shape index (κ2) is 11.0. The van der Waals surface area contributed by atoms with E-state index in [9.17, 15) is 30.7 Å². The van der Waals surface area contributed by atoms with Gasteiger partial charge in [-0.15, -0.1) is 0 Å². The van der Waals surface area contributed by atoms with Crippen LogP contribution in [0.3, 0.4) is 0 Å². The third-order valence-corrected chi connectivity index (χ3v) is 7.49. The molecule has 0 N–H and O–H groups in total. The van der Waals surface area contributed by atoms with Crippen LogP contribution >= 0.6 is 0 Å². The van der Waals surface area contributed by atoms with Gasteiger partial charge < -0.3 is 9.47 Å². The summed E-state index contributed by atoms with van der Waals surface area (Å²) < 4.78 is 109. The first kappa shape index (κ1) is 26.8. The lowest BCUT2D eigenvalue weighted by atomic mass is 9.75. The number of hydrogen-bond acceptors (Lipinski definition) is 2. The van der Waals surface area contributed by atoms with Gasteiger partial charge >= 0.3 is 6.11 Å². The molecule has 2 unspecified atom stereocenters. The van der Waals surface area contributed by atoms with E-state index in [0.717, 1.165) is 24.8 Å². The van der Waals surface area contributed by atoms with Crippen LogP contribution < -0.4 is 4.74 Å². The molecule has 2 fully saturated rings. The van der Waals surface area contributed by atoms with Crippen molar-refractivity contribution in [3.63, 3.8) is 0 Å². The fraction of sp³-hybridized carbons (Fsp3) is 0.556. The Kier molecular flexibility index (Phi) is 8.17. The Morgan fingerprint density at radius 2 is 1.53 bits per heavy atom. The Balaban J connectivity index is 1.42. The van der Waals surface area contributed by atoms with Gasteiger partial charge in [0.1, 0.15) is 11.3 Å². The van der Waals surface area contributed by atoms with Gasteiger partial charge in [0.15, 0.2) is 29.1 Å². The molecule has 1 saturated carbocycles. The van der Waals surface area contributed by atoms with E-state index in [2.05, 4.69) is 11.7 Å². The summed E-state index contributed by atoms with van der Waals surface area (Å²) in [6.45, 7) is 2.35. The topological polar surface area (TPSA) is 18.5 Å². The first-order valence-electron chi connectivity index (χ1n) is 12.4. The van der Waals surface area contributed by atoms with Crippen LogP contribution in [0.1, 0.15) is 75.3 Å². The lowest BCUT2D eigenvalue weighted by molar-refractivity contribution is -0.188. The van der Waals surface area contributed by atoms with E-state index in [4.69, 9.17) is 4.74 Å². The second-order valence-electron chi connectivity index (χ2n) is 9.87. The van der Waals surface area contributed by atoms with E-state index in [1.807, 2.05) is 0 Å². The van der Waals surface area contributed by atoms with Gasteiger partial charge in [-0.1, -0.05) is 38.7 Å². The van der Waals surface area contributed by atoms with Gasteiger partial charge in [0, 0.05) is 18.1 Å². The fourth-order valence-corrected chi connectivity index (χ4v) is 5.54. The molecule has 0 spiro atoms. The first-order valence-corrected chi connectivity index (χ1v) is 12.4. The van der Waals surface area contributed by atoms with Crippen molar-refractivity contribution < 1.29 is 40.2 Å². The van der Waals surface area contributed by atoms with Crippen LogP contribution in [-0.4, -0.2) is 12.7 Å². The summed E-state index contributed by atoms with van der Waals surface area (Å²) in [6, 6.07) is 2.13. The molecule has 0 radical (unpaired) electrons. The molecular formula is C27H29F7O2. The molecule has 0 aromatic heterocycles. The van der Waals surface area contributed by atoms with Gasteiger partial charge in [-0.3, -0.25) is 0 Å². The molecule has 2 aromatic rings. The van der Waals surface area contributed by atoms with Crippen LogP contribution in [0.25, 0.3) is 0 Å². The Bertz CT molecular complexity index is 1040. The minimum atomic E-state index is -4.47. The molecule has 0 amide bonds. The van der Waals surface area contributed by atoms with Gasteiger partial charge in [0.2, 0.25) is 0 Å². The Morgan fingerprint density at radius 1 is 0.861 bits per heavy atom. The molecule has 2 aromatic carbocycles. The SMILES string of the molecule is CCCC1CCC(C2CCC(c3ccc(C(F)(F)Oc4cc(F)c(F)c(F)c4)c(F)c3F)CO2)CC1. The number of rotatable bonds is 7. The molecule has 1 heterocycles. The number of ether oxygens (including phenoxy) is 2. The van der Waals surface area contributed by atoms with Crippen LogP contribution in [-0.2, 0) is 10.8 Å². The van der Waals surface area contributed by atoms with Crippen molar-refractivity contribution in [2.45, 2.75) is 76.4 Å². The average molecular weight is 519 g/mol. The molecule has 2 aliphatic rings. The minimum Gasteiger partial charge on any atom is -0.429 e. The highest BCUT2D eigenvalue weighted by atomic mass is 19.3. The van der Waals surface area contributed by atoms with Gasteiger partial charge in [-0.05, 0) is 49.1 Å². The summed E-state index contributed by atoms with van der Waals surface area (Å²) in [7, 11) is 0. The summed E-state index contributed by atoms with van der Waals surface area (Å²) >= 11 is 0. The predicted octanol–water partition coefficient (Wildman–Crippen LogP) is 8.38. The molecule has 2 nitrogen and oxygen atoms in total. The second-order valence-corrected chi connectivity index (χ2v) is 9.87. The lowest BCUT2D eigenvalue weighted by Gasteiger charge is -2.38. The van der Waals surface area contributed by atoms with Gasteiger partial charge in [0.25, 0.3) is 0 Å². The molecule has 2 atom stereocenters. The molecule has 1 aliphatic heterocycles. The molecule has 1 aliphatic carbocycles. The van der Waals surface area contributed by atoms with Crippen LogP contribution in [0.15, 0.2) is 24.3 Å². The van der Waals surface area contributed by atoms with Crippen molar-refractivity contribution in [3.8, 4) is 5.75 Å². The Labute approximate surface area is 205 Å². The zero-order chi connectivity index (χ0) is 26.0. The van der Waals surface area contributed by atoms with Gasteiger partial charge in [-0.2, -0.15) is 8.78 Å². The maximum absolute atomic E-state index is 14.9. The van der Waals surface area contributed by atoms with Crippen molar-refractivity contribution in [3.05, 3.63) is 64.5 Å². The maximum Gasteiger partial charge on any atom is 0.429 e. The Hall–Kier alpha value is -2.29. The molecule has 36 heavy (non-hydrogen) atoms. The highest BCUT2D eigenvalue weighted by Crippen LogP contribution is 2.41. The van der Waals surface area contributed by atoms with Crippen LogP contribution in [0.5, 0.6) is 5.75 Å². The predicted molar refractivity (Wildman–Crippen MR) is 119 cm³/mol. The first-order chi connectivity index (χ1) is 17.1. The van der Waals surface area contributed by atoms with Gasteiger partial charge in [-0.25, -0.2) is 22.0 Å². The van der Waals surface area contributed by atoms with E-state index in [1.165, 1.54) is 25.7 Å². The number of hydrogen-bond donors (Lipinski definition) is 0. The summed E-state index contributed by atoms with van der Waals surface area (Å²) in [5, 5.41) is 0. The van der Waals surface area contributed by atoms with E-state index in [1.54, 1.807) is 0 Å². The molecule has 4 rings (SSSR count). The average Bonchev–Trinajstić information content (AvgIpc) is 2.84. The zero-order valence-electron chi connectivity index (χ0n) is 19.9. The molecule has 9 heteroatoms. The van der Waals surface area contributed by atoms with Crippen LogP contribution in [0, 0.1) is 40.9 Å². The zero-order valence-corrected chi connectivity index (χ0v) is 19.9. The van der Waals surface area contributed by atoms with Crippen molar-refractivity contribution >= 4 is 0 Å². The highest BCUT2D eigenvalue weighted by molar-refractivity contribution is 5.33. The van der Waals surface area contributed by atoms with Crippen LogP contribution in [0.2, 0.25) is 0 Å². The van der Waals surface area contributed by atoms with Crippen molar-refractivity contribution in [2.75, 3.05) is 6.61 Å². The molecule has 0 bridgehead atoms. The van der Waals surface area contributed by atoms with E-state index in [0.29, 0.717) is 24.8 Å². The van der Waals surface area contributed by atoms with Crippen LogP contribution in [0.4, 0.5) is 30.7 Å². The van der Waals surface area contributed by atoms with Crippen molar-refractivity contribution in [1.82, 2.24) is 0 Å². The smallest absolute Gasteiger partial charge is 0.429 e. The molecule has 1 saturated heterocycles. The third kappa shape index (κ3) is 5.66. The number of benzene rings is 2. The number of halogens is 7. The highest BCUT2D eigenvalue weighted by Gasteiger charge is 2.41. The van der Waals surface area contributed by atoms with Crippen molar-refractivity contribution in [1.29, 1.82) is 0 Å². The normalized spacial score (nSPS) is 25.1. The molecular weight excluding hydrogens is 489 g/mol.